The van der Waals surface area contributed by atoms with Gasteiger partial charge in [0, 0.05) is 54.8 Å². The Morgan fingerprint density at radius 2 is 0.551 bits per heavy atom. The zero-order valence-corrected chi connectivity index (χ0v) is 66.0. The number of hydrogen-bond donors (Lipinski definition) is 0. The third-order valence-electron chi connectivity index (χ3n) is 16.4. The second kappa shape index (κ2) is 30.7. The summed E-state index contributed by atoms with van der Waals surface area (Å²) in [5.74, 6) is 2.93. The summed E-state index contributed by atoms with van der Waals surface area (Å²) < 4.78 is 25.3. The summed E-state index contributed by atoms with van der Waals surface area (Å²) in [6.07, 6.45) is 0. The minimum absolute atomic E-state index is 0. The Morgan fingerprint density at radius 1 is 0.286 bits per heavy atom. The zero-order valence-electron chi connectivity index (χ0n) is 52.2. The quantitative estimate of drug-likeness (QED) is 0.0969. The van der Waals surface area contributed by atoms with Crippen molar-refractivity contribution in [1.29, 1.82) is 0 Å². The van der Waals surface area contributed by atoms with E-state index in [1.165, 1.54) is 63.2 Å². The van der Waals surface area contributed by atoms with Gasteiger partial charge in [-0.25, -0.2) is 9.97 Å². The number of halogens is 4. The molecular weight excluding hydrogens is 1720 g/mol. The minimum Gasteiger partial charge on any atom is -0.501 e. The standard InChI is InChI=1S/C40H25N3O2.C40H23N3O2.4ClH.2K.2Pt/c2*1-2-12-26(13-3-1)43(37-24-10-20-33(41-37)31-18-8-16-29-27-14-4-6-22-35(27)44-39(29)31)38-25-11-21-34(42-38)32-19-9-17-30-28-15-5-7-23-36(28)45-40(30)32;;;;;;;;/h1-25H;1-17,20-25H;4*1H;;;;/q;-2;;;;;;;+2;+4/p-4. The number of benzene rings is 10. The molecule has 8 aromatic heterocycles. The van der Waals surface area contributed by atoms with Gasteiger partial charge in [0.1, 0.15) is 56.8 Å². The zero-order chi connectivity index (χ0) is 66.0. The van der Waals surface area contributed by atoms with Crippen molar-refractivity contribution < 1.29 is 50.6 Å². The maximum atomic E-state index is 6.35. The molecule has 0 saturated carbocycles. The Bertz CT molecular complexity index is 5220. The van der Waals surface area contributed by atoms with Crippen molar-refractivity contribution in [2.75, 3.05) is 9.80 Å². The molecule has 0 unspecified atom stereocenters. The minimum atomic E-state index is -3.06. The van der Waals surface area contributed by atoms with E-state index in [1.807, 2.05) is 206 Å². The fourth-order valence-corrected chi connectivity index (χ4v) is 12.3. The molecule has 0 spiro atoms. The number of pyridine rings is 4. The fraction of sp³-hybridized carbons (Fsp3) is 0. The number of para-hydroxylation sites is 8. The van der Waals surface area contributed by atoms with Crippen molar-refractivity contribution in [1.82, 2.24) is 19.9 Å². The van der Waals surface area contributed by atoms with Crippen LogP contribution in [0.3, 0.4) is 0 Å². The third-order valence-corrected chi connectivity index (χ3v) is 16.4. The Hall–Kier alpha value is -6.59. The van der Waals surface area contributed by atoms with Gasteiger partial charge in [0.05, 0.1) is 22.6 Å². The predicted molar refractivity (Wildman–Crippen MR) is 397 cm³/mol. The molecule has 10 nitrogen and oxygen atoms in total. The van der Waals surface area contributed by atoms with E-state index in [9.17, 15) is 0 Å². The first-order valence-electron chi connectivity index (χ1n) is 31.2. The van der Waals surface area contributed by atoms with Gasteiger partial charge in [0.2, 0.25) is 0 Å². The smallest absolute Gasteiger partial charge is 0.501 e. The van der Waals surface area contributed by atoms with E-state index in [2.05, 4.69) is 107 Å². The van der Waals surface area contributed by atoms with Crippen LogP contribution in [0.5, 0.6) is 0 Å². The van der Waals surface area contributed by atoms with E-state index >= 15 is 0 Å². The van der Waals surface area contributed by atoms with Crippen molar-refractivity contribution in [3.05, 3.63) is 303 Å². The summed E-state index contributed by atoms with van der Waals surface area (Å²) >= 11 is -0.556. The van der Waals surface area contributed by atoms with Crippen LogP contribution >= 0.6 is 37.7 Å². The third kappa shape index (κ3) is 14.3. The average molecular weight is 1770 g/mol. The van der Waals surface area contributed by atoms with Crippen LogP contribution in [0.2, 0.25) is 0 Å². The summed E-state index contributed by atoms with van der Waals surface area (Å²) in [5, 5.41) is 8.56. The molecule has 0 aliphatic carbocycles. The second-order valence-electron chi connectivity index (χ2n) is 22.1. The van der Waals surface area contributed by atoms with Crippen molar-refractivity contribution in [3.8, 4) is 45.0 Å². The maximum Gasteiger partial charge on any atom is 2.00 e. The Kier molecular flexibility index (Phi) is 21.5. The van der Waals surface area contributed by atoms with Crippen LogP contribution < -0.4 is 9.80 Å². The van der Waals surface area contributed by atoms with Gasteiger partial charge in [-0.15, -0.1) is 36.4 Å². The second-order valence-corrected chi connectivity index (χ2v) is 41.8. The van der Waals surface area contributed by atoms with E-state index < -0.39 is 11.9 Å². The molecule has 18 heteroatoms. The van der Waals surface area contributed by atoms with Crippen LogP contribution in [0.25, 0.3) is 133 Å². The number of anilines is 6. The molecule has 18 rings (SSSR count). The van der Waals surface area contributed by atoms with E-state index in [-0.39, 0.29) is 21.1 Å². The largest absolute Gasteiger partial charge is 2.00 e. The molecule has 0 aliphatic rings. The summed E-state index contributed by atoms with van der Waals surface area (Å²) in [5.41, 5.74) is 15.2. The van der Waals surface area contributed by atoms with Crippen molar-refractivity contribution in [2.24, 2.45) is 0 Å². The Balaban J connectivity index is 0.000000152. The van der Waals surface area contributed by atoms with Gasteiger partial charge in [-0.3, -0.25) is 19.8 Å². The number of fused-ring (bicyclic) bond motifs is 12. The van der Waals surface area contributed by atoms with Gasteiger partial charge >= 0.3 is 134 Å². The molecule has 0 amide bonds. The van der Waals surface area contributed by atoms with Crippen LogP contribution in [-0.2, 0) is 33.0 Å². The summed E-state index contributed by atoms with van der Waals surface area (Å²) in [6, 6.07) is 104. The maximum absolute atomic E-state index is 6.35. The molecule has 10 aromatic carbocycles. The molecule has 18 aromatic rings. The first-order chi connectivity index (χ1) is 47.6. The van der Waals surface area contributed by atoms with E-state index in [1.54, 1.807) is 0 Å². The van der Waals surface area contributed by atoms with E-state index in [4.69, 9.17) is 75.3 Å². The SMILES string of the molecule is [Cl][Pt]([Cl])([Cl])[Cl].[K][K].[Pt+2].[c-]1ccc2c(oc3ccccc32)c1-c1cccc(N(c2ccccc2)c2cccc(-c3[c-]ccc4c3oc3ccccc34)n2)n1.c1ccc(N(c2cccc(-c3cccc4c3oc3ccccc34)n2)c2cccc(-c3cccc4c3oc3ccccc34)n2)cc1. The van der Waals surface area contributed by atoms with Crippen LogP contribution in [0, 0.1) is 12.1 Å². The molecule has 0 bridgehead atoms. The molecule has 0 saturated heterocycles. The van der Waals surface area contributed by atoms with Crippen LogP contribution in [0.15, 0.2) is 309 Å². The number of nitrogens with zero attached hydrogens (tertiary/aromatic N) is 6. The molecule has 0 fully saturated rings. The van der Waals surface area contributed by atoms with Gasteiger partial charge in [-0.2, -0.15) is 0 Å². The molecule has 8 heterocycles. The molecule has 0 N–H and O–H groups in total. The van der Waals surface area contributed by atoms with E-state index in [0.29, 0.717) is 0 Å². The Morgan fingerprint density at radius 3 is 0.898 bits per heavy atom. The molecule has 0 radical (unpaired) electrons. The van der Waals surface area contributed by atoms with Crippen molar-refractivity contribution in [2.45, 2.75) is 0 Å². The normalized spacial score (nSPS) is 11.5. The number of hydrogen-bond acceptors (Lipinski definition) is 10. The van der Waals surface area contributed by atoms with Crippen LogP contribution in [-0.4, -0.2) is 83.1 Å². The van der Waals surface area contributed by atoms with Gasteiger partial charge < -0.3 is 17.7 Å². The fourth-order valence-electron chi connectivity index (χ4n) is 12.3. The number of furan rings is 4. The molecule has 98 heavy (non-hydrogen) atoms. The number of rotatable bonds is 10. The topological polar surface area (TPSA) is 111 Å². The van der Waals surface area contributed by atoms with Crippen LogP contribution in [0.4, 0.5) is 34.6 Å². The summed E-state index contributed by atoms with van der Waals surface area (Å²) in [7, 11) is 20.0. The van der Waals surface area contributed by atoms with Gasteiger partial charge in [0.25, 0.3) is 0 Å². The van der Waals surface area contributed by atoms with Gasteiger partial charge in [0.15, 0.2) is 0 Å². The summed E-state index contributed by atoms with van der Waals surface area (Å²) in [4.78, 5) is 24.9. The summed E-state index contributed by atoms with van der Waals surface area (Å²) in [6.45, 7) is 0. The van der Waals surface area contributed by atoms with Crippen molar-refractivity contribution >= 4 is 223 Å². The Labute approximate surface area is 641 Å². The molecule has 0 atom stereocenters. The average Bonchev–Trinajstić information content (AvgIpc) is 1.55. The molecular formula is C80H48Cl4K2N6O4Pt2. The van der Waals surface area contributed by atoms with Gasteiger partial charge in [-0.05, 0) is 108 Å². The van der Waals surface area contributed by atoms with Crippen LogP contribution in [0.1, 0.15) is 0 Å². The first kappa shape index (κ1) is 68.5. The van der Waals surface area contributed by atoms with E-state index in [0.717, 1.165) is 167 Å². The van der Waals surface area contributed by atoms with Gasteiger partial charge in [-0.1, -0.05) is 192 Å². The first-order valence-corrected chi connectivity index (χ1v) is 58.4. The number of aromatic nitrogens is 4. The predicted octanol–water partition coefficient (Wildman–Crippen LogP) is 23.8. The van der Waals surface area contributed by atoms with Crippen molar-refractivity contribution in [3.63, 3.8) is 0 Å². The molecule has 0 aliphatic heterocycles. The molecule has 472 valence electrons. The monoisotopic (exact) mass is 1760 g/mol.